The largest absolute Gasteiger partial charge is 0.367 e. The highest BCUT2D eigenvalue weighted by molar-refractivity contribution is 4.97. The second-order valence-corrected chi connectivity index (χ2v) is 6.20. The average molecular weight is 280 g/mol. The topological polar surface area (TPSA) is 77.4 Å². The summed E-state index contributed by atoms with van der Waals surface area (Å²) in [4.78, 5) is 6.84. The number of hydrogen-bond acceptors (Lipinski definition) is 6. The number of nitrogens with zero attached hydrogens (tertiary/aromatic N) is 3. The molecule has 1 saturated heterocycles. The van der Waals surface area contributed by atoms with Crippen molar-refractivity contribution in [3.8, 4) is 0 Å². The van der Waals surface area contributed by atoms with E-state index in [4.69, 9.17) is 15.0 Å². The van der Waals surface area contributed by atoms with Crippen LogP contribution in [0.4, 0.5) is 0 Å². The van der Waals surface area contributed by atoms with E-state index < -0.39 is 0 Å². The molecule has 0 amide bonds. The molecule has 6 heteroatoms. The Balaban J connectivity index is 1.60. The van der Waals surface area contributed by atoms with Crippen molar-refractivity contribution >= 4 is 0 Å². The number of rotatable bonds is 5. The second-order valence-electron chi connectivity index (χ2n) is 6.20. The number of morpholine rings is 1. The monoisotopic (exact) mass is 280 g/mol. The molecule has 2 N–H and O–H groups in total. The highest BCUT2D eigenvalue weighted by Crippen LogP contribution is 2.32. The van der Waals surface area contributed by atoms with E-state index in [0.717, 1.165) is 13.1 Å². The molecule has 3 rings (SSSR count). The van der Waals surface area contributed by atoms with E-state index in [-0.39, 0.29) is 12.1 Å². The van der Waals surface area contributed by atoms with E-state index in [2.05, 4.69) is 28.9 Å². The van der Waals surface area contributed by atoms with E-state index in [1.807, 2.05) is 0 Å². The van der Waals surface area contributed by atoms with Crippen LogP contribution in [0.5, 0.6) is 0 Å². The molecule has 2 atom stereocenters. The van der Waals surface area contributed by atoms with Gasteiger partial charge in [0.1, 0.15) is 6.10 Å². The zero-order valence-electron chi connectivity index (χ0n) is 12.3. The van der Waals surface area contributed by atoms with Gasteiger partial charge in [0.2, 0.25) is 11.7 Å². The van der Waals surface area contributed by atoms with Crippen LogP contribution in [-0.2, 0) is 11.2 Å². The first-order valence-electron chi connectivity index (χ1n) is 7.57. The van der Waals surface area contributed by atoms with Crippen molar-refractivity contribution in [2.75, 3.05) is 19.7 Å². The average Bonchev–Trinajstić information content (AvgIpc) is 3.20. The van der Waals surface area contributed by atoms with Crippen LogP contribution >= 0.6 is 0 Å². The maximum absolute atomic E-state index is 6.09. The summed E-state index contributed by atoms with van der Waals surface area (Å²) >= 11 is 0. The molecule has 2 fully saturated rings. The van der Waals surface area contributed by atoms with Gasteiger partial charge in [0.25, 0.3) is 0 Å². The third kappa shape index (κ3) is 3.19. The maximum Gasteiger partial charge on any atom is 0.228 e. The lowest BCUT2D eigenvalue weighted by Crippen LogP contribution is -2.42. The van der Waals surface area contributed by atoms with Crippen molar-refractivity contribution in [1.82, 2.24) is 15.0 Å². The third-order valence-electron chi connectivity index (χ3n) is 4.24. The van der Waals surface area contributed by atoms with Crippen LogP contribution in [0.25, 0.3) is 0 Å². The van der Waals surface area contributed by atoms with Crippen molar-refractivity contribution in [3.05, 3.63) is 11.7 Å². The van der Waals surface area contributed by atoms with Gasteiger partial charge < -0.3 is 15.0 Å². The molecule has 2 unspecified atom stereocenters. The fourth-order valence-electron chi connectivity index (χ4n) is 2.67. The third-order valence-corrected chi connectivity index (χ3v) is 4.24. The molecule has 1 aromatic heterocycles. The Kier molecular flexibility index (Phi) is 4.05. The second kappa shape index (κ2) is 5.79. The SMILES string of the molecule is CC(C)N1CCOC(c2noc(CC(N)C3CC3)n2)C1. The molecule has 112 valence electrons. The standard InChI is InChI=1S/C14H24N4O2/c1-9(2)18-5-6-19-12(8-18)14-16-13(20-17-14)7-11(15)10-3-4-10/h9-12H,3-8,15H2,1-2H3. The van der Waals surface area contributed by atoms with Gasteiger partial charge in [0, 0.05) is 31.6 Å². The summed E-state index contributed by atoms with van der Waals surface area (Å²) in [6, 6.07) is 0.666. The maximum atomic E-state index is 6.09. The summed E-state index contributed by atoms with van der Waals surface area (Å²) in [5.74, 6) is 1.95. The Bertz CT molecular complexity index is 444. The zero-order chi connectivity index (χ0) is 14.1. The van der Waals surface area contributed by atoms with Gasteiger partial charge in [-0.2, -0.15) is 4.98 Å². The number of hydrogen-bond donors (Lipinski definition) is 1. The van der Waals surface area contributed by atoms with Gasteiger partial charge in [0.15, 0.2) is 0 Å². The van der Waals surface area contributed by atoms with Crippen LogP contribution in [0.1, 0.15) is 44.5 Å². The van der Waals surface area contributed by atoms with E-state index >= 15 is 0 Å². The van der Waals surface area contributed by atoms with E-state index in [1.165, 1.54) is 12.8 Å². The lowest BCUT2D eigenvalue weighted by atomic mass is 10.1. The smallest absolute Gasteiger partial charge is 0.228 e. The molecule has 0 radical (unpaired) electrons. The molecule has 1 saturated carbocycles. The fourth-order valence-corrected chi connectivity index (χ4v) is 2.67. The van der Waals surface area contributed by atoms with Gasteiger partial charge in [-0.3, -0.25) is 4.90 Å². The number of nitrogens with two attached hydrogens (primary N) is 1. The predicted octanol–water partition coefficient (Wildman–Crippen LogP) is 1.13. The van der Waals surface area contributed by atoms with Gasteiger partial charge in [-0.25, -0.2) is 0 Å². The summed E-state index contributed by atoms with van der Waals surface area (Å²) in [6.45, 7) is 6.89. The van der Waals surface area contributed by atoms with Crippen molar-refractivity contribution < 1.29 is 9.26 Å². The van der Waals surface area contributed by atoms with E-state index in [9.17, 15) is 0 Å². The Morgan fingerprint density at radius 1 is 1.40 bits per heavy atom. The molecule has 0 spiro atoms. The summed E-state index contributed by atoms with van der Waals surface area (Å²) in [6.07, 6.45) is 3.06. The highest BCUT2D eigenvalue weighted by Gasteiger charge is 2.31. The van der Waals surface area contributed by atoms with Crippen LogP contribution in [0, 0.1) is 5.92 Å². The summed E-state index contributed by atoms with van der Waals surface area (Å²) in [7, 11) is 0. The molecule has 2 heterocycles. The molecule has 0 bridgehead atoms. The Morgan fingerprint density at radius 3 is 2.90 bits per heavy atom. The normalized spacial score (nSPS) is 26.1. The predicted molar refractivity (Wildman–Crippen MR) is 74.1 cm³/mol. The lowest BCUT2D eigenvalue weighted by Gasteiger charge is -2.34. The van der Waals surface area contributed by atoms with Crippen LogP contribution in [0.2, 0.25) is 0 Å². The first-order valence-corrected chi connectivity index (χ1v) is 7.57. The van der Waals surface area contributed by atoms with Crippen molar-refractivity contribution in [2.24, 2.45) is 11.7 Å². The first kappa shape index (κ1) is 14.0. The Hall–Kier alpha value is -0.980. The molecule has 2 aliphatic rings. The fraction of sp³-hybridized carbons (Fsp3) is 0.857. The lowest BCUT2D eigenvalue weighted by molar-refractivity contribution is -0.0450. The van der Waals surface area contributed by atoms with Crippen molar-refractivity contribution in [3.63, 3.8) is 0 Å². The van der Waals surface area contributed by atoms with E-state index in [1.54, 1.807) is 0 Å². The minimum atomic E-state index is -0.0826. The van der Waals surface area contributed by atoms with Gasteiger partial charge >= 0.3 is 0 Å². The summed E-state index contributed by atoms with van der Waals surface area (Å²) in [5, 5.41) is 4.07. The molecule has 20 heavy (non-hydrogen) atoms. The zero-order valence-corrected chi connectivity index (χ0v) is 12.3. The Morgan fingerprint density at radius 2 is 2.20 bits per heavy atom. The van der Waals surface area contributed by atoms with Crippen LogP contribution in [0.15, 0.2) is 4.52 Å². The van der Waals surface area contributed by atoms with Crippen molar-refractivity contribution in [2.45, 2.75) is 51.3 Å². The first-order chi connectivity index (χ1) is 9.63. The van der Waals surface area contributed by atoms with Crippen molar-refractivity contribution in [1.29, 1.82) is 0 Å². The number of ether oxygens (including phenoxy) is 1. The van der Waals surface area contributed by atoms with Crippen LogP contribution < -0.4 is 5.73 Å². The molecule has 1 aliphatic carbocycles. The molecule has 1 aromatic rings. The molecular weight excluding hydrogens is 256 g/mol. The summed E-state index contributed by atoms with van der Waals surface area (Å²) in [5.41, 5.74) is 6.09. The summed E-state index contributed by atoms with van der Waals surface area (Å²) < 4.78 is 11.1. The molecule has 1 aliphatic heterocycles. The minimum absolute atomic E-state index is 0.0826. The molecule has 0 aromatic carbocycles. The van der Waals surface area contributed by atoms with Gasteiger partial charge in [-0.15, -0.1) is 0 Å². The van der Waals surface area contributed by atoms with Gasteiger partial charge in [-0.05, 0) is 32.6 Å². The quantitative estimate of drug-likeness (QED) is 0.871. The van der Waals surface area contributed by atoms with Gasteiger partial charge in [0.05, 0.1) is 6.61 Å². The minimum Gasteiger partial charge on any atom is -0.367 e. The Labute approximate surface area is 119 Å². The van der Waals surface area contributed by atoms with Gasteiger partial charge in [-0.1, -0.05) is 5.16 Å². The molecular formula is C14H24N4O2. The number of aromatic nitrogens is 2. The molecule has 6 nitrogen and oxygen atoms in total. The van der Waals surface area contributed by atoms with Crippen LogP contribution in [-0.4, -0.2) is 46.8 Å². The van der Waals surface area contributed by atoms with E-state index in [0.29, 0.717) is 36.7 Å². The highest BCUT2D eigenvalue weighted by atomic mass is 16.5. The van der Waals surface area contributed by atoms with Crippen LogP contribution in [0.3, 0.4) is 0 Å².